The molecule has 1 aromatic heterocycles. The Hall–Kier alpha value is -1.19. The van der Waals surface area contributed by atoms with E-state index in [1.165, 1.54) is 0 Å². The molecule has 0 spiro atoms. The number of fused-ring (bicyclic) bond motifs is 1. The number of benzene rings is 1. The monoisotopic (exact) mass is 246 g/mol. The second-order valence-electron chi connectivity index (χ2n) is 4.77. The lowest BCUT2D eigenvalue weighted by molar-refractivity contribution is 0.0350. The van der Waals surface area contributed by atoms with Crippen LogP contribution in [0.2, 0.25) is 0 Å². The summed E-state index contributed by atoms with van der Waals surface area (Å²) in [7, 11) is 0. The first-order valence-electron chi connectivity index (χ1n) is 5.89. The van der Waals surface area contributed by atoms with Gasteiger partial charge in [0.1, 0.15) is 0 Å². The van der Waals surface area contributed by atoms with Crippen LogP contribution in [0.1, 0.15) is 29.6 Å². The standard InChI is InChI=1S/C14H14O2S/c15-9-14(6-3-7-14)13(16)11-8-17-12-5-2-1-4-10(11)12/h1-2,4-5,8,15H,3,6-7,9H2. The third-order valence-corrected chi connectivity index (χ3v) is 4.78. The molecule has 1 aromatic carbocycles. The summed E-state index contributed by atoms with van der Waals surface area (Å²) in [6.07, 6.45) is 2.70. The van der Waals surface area contributed by atoms with Gasteiger partial charge in [0, 0.05) is 21.0 Å². The molecule has 1 saturated carbocycles. The molecule has 17 heavy (non-hydrogen) atoms. The van der Waals surface area contributed by atoms with E-state index in [1.54, 1.807) is 11.3 Å². The fourth-order valence-electron chi connectivity index (χ4n) is 2.50. The maximum absolute atomic E-state index is 12.5. The number of hydrogen-bond acceptors (Lipinski definition) is 3. The van der Waals surface area contributed by atoms with E-state index in [2.05, 4.69) is 0 Å². The van der Waals surface area contributed by atoms with Gasteiger partial charge in [-0.1, -0.05) is 24.6 Å². The SMILES string of the molecule is O=C(c1csc2ccccc12)C1(CO)CCC1. The van der Waals surface area contributed by atoms with E-state index in [0.29, 0.717) is 0 Å². The molecular formula is C14H14O2S. The molecule has 0 bridgehead atoms. The highest BCUT2D eigenvalue weighted by Gasteiger charge is 2.44. The minimum atomic E-state index is -0.482. The summed E-state index contributed by atoms with van der Waals surface area (Å²) in [5.74, 6) is 0.128. The molecule has 0 aliphatic heterocycles. The average molecular weight is 246 g/mol. The second-order valence-corrected chi connectivity index (χ2v) is 5.68. The maximum Gasteiger partial charge on any atom is 0.172 e. The predicted molar refractivity (Wildman–Crippen MR) is 69.5 cm³/mol. The van der Waals surface area contributed by atoms with Crippen LogP contribution in [0.25, 0.3) is 10.1 Å². The zero-order valence-corrected chi connectivity index (χ0v) is 10.3. The number of aliphatic hydroxyl groups excluding tert-OH is 1. The fourth-order valence-corrected chi connectivity index (χ4v) is 3.44. The number of hydrogen-bond donors (Lipinski definition) is 1. The van der Waals surface area contributed by atoms with Gasteiger partial charge in [-0.05, 0) is 18.9 Å². The van der Waals surface area contributed by atoms with Crippen molar-refractivity contribution < 1.29 is 9.90 Å². The first-order chi connectivity index (χ1) is 8.27. The molecule has 3 rings (SSSR count). The van der Waals surface area contributed by atoms with Crippen molar-refractivity contribution in [1.29, 1.82) is 0 Å². The summed E-state index contributed by atoms with van der Waals surface area (Å²) in [6.45, 7) is -0.0179. The Labute approximate surface area is 104 Å². The minimum Gasteiger partial charge on any atom is -0.395 e. The van der Waals surface area contributed by atoms with Gasteiger partial charge in [0.15, 0.2) is 5.78 Å². The maximum atomic E-state index is 12.5. The Balaban J connectivity index is 2.07. The van der Waals surface area contributed by atoms with Crippen LogP contribution >= 0.6 is 11.3 Å². The quantitative estimate of drug-likeness (QED) is 0.844. The van der Waals surface area contributed by atoms with Crippen LogP contribution in [0, 0.1) is 5.41 Å². The number of Topliss-reactive ketones (excluding diaryl/α,β-unsaturated/α-hetero) is 1. The summed E-state index contributed by atoms with van der Waals surface area (Å²) in [4.78, 5) is 12.5. The summed E-state index contributed by atoms with van der Waals surface area (Å²) in [6, 6.07) is 7.96. The van der Waals surface area contributed by atoms with E-state index in [4.69, 9.17) is 0 Å². The summed E-state index contributed by atoms with van der Waals surface area (Å²) in [5.41, 5.74) is 0.309. The van der Waals surface area contributed by atoms with E-state index >= 15 is 0 Å². The fraction of sp³-hybridized carbons (Fsp3) is 0.357. The average Bonchev–Trinajstić information content (AvgIpc) is 2.71. The molecule has 0 atom stereocenters. The third kappa shape index (κ3) is 1.53. The van der Waals surface area contributed by atoms with Crippen molar-refractivity contribution in [3.63, 3.8) is 0 Å². The number of thiophene rings is 1. The minimum absolute atomic E-state index is 0.0179. The van der Waals surface area contributed by atoms with Gasteiger partial charge in [-0.2, -0.15) is 0 Å². The highest BCUT2D eigenvalue weighted by molar-refractivity contribution is 7.17. The van der Waals surface area contributed by atoms with Crippen LogP contribution in [-0.4, -0.2) is 17.5 Å². The number of rotatable bonds is 3. The van der Waals surface area contributed by atoms with E-state index in [1.807, 2.05) is 29.6 Å². The normalized spacial score (nSPS) is 17.9. The Morgan fingerprint density at radius 3 is 2.76 bits per heavy atom. The second kappa shape index (κ2) is 3.93. The van der Waals surface area contributed by atoms with Crippen molar-refractivity contribution in [2.75, 3.05) is 6.61 Å². The Morgan fingerprint density at radius 2 is 2.12 bits per heavy atom. The van der Waals surface area contributed by atoms with Crippen LogP contribution in [0.5, 0.6) is 0 Å². The summed E-state index contributed by atoms with van der Waals surface area (Å²) >= 11 is 1.60. The van der Waals surface area contributed by atoms with E-state index in [0.717, 1.165) is 34.9 Å². The molecule has 1 fully saturated rings. The van der Waals surface area contributed by atoms with Gasteiger partial charge in [0.25, 0.3) is 0 Å². The lowest BCUT2D eigenvalue weighted by Gasteiger charge is -2.38. The van der Waals surface area contributed by atoms with Crippen molar-refractivity contribution >= 4 is 27.2 Å². The highest BCUT2D eigenvalue weighted by atomic mass is 32.1. The molecule has 1 heterocycles. The Bertz CT molecular complexity index is 561. The predicted octanol–water partition coefficient (Wildman–Crippen LogP) is 3.25. The number of carbonyl (C=O) groups is 1. The smallest absolute Gasteiger partial charge is 0.172 e. The molecular weight excluding hydrogens is 232 g/mol. The molecule has 0 unspecified atom stereocenters. The molecule has 88 valence electrons. The van der Waals surface area contributed by atoms with Crippen molar-refractivity contribution in [3.05, 3.63) is 35.2 Å². The first kappa shape index (κ1) is 10.9. The number of aliphatic hydroxyl groups is 1. The van der Waals surface area contributed by atoms with Crippen LogP contribution < -0.4 is 0 Å². The molecule has 0 saturated heterocycles. The van der Waals surface area contributed by atoms with E-state index in [9.17, 15) is 9.90 Å². The largest absolute Gasteiger partial charge is 0.395 e. The van der Waals surface area contributed by atoms with Crippen LogP contribution in [0.15, 0.2) is 29.6 Å². The van der Waals surface area contributed by atoms with Crippen molar-refractivity contribution in [3.8, 4) is 0 Å². The van der Waals surface area contributed by atoms with Crippen LogP contribution in [0.4, 0.5) is 0 Å². The van der Waals surface area contributed by atoms with Crippen molar-refractivity contribution in [2.24, 2.45) is 5.41 Å². The van der Waals surface area contributed by atoms with Crippen LogP contribution in [0.3, 0.4) is 0 Å². The van der Waals surface area contributed by atoms with Gasteiger partial charge >= 0.3 is 0 Å². The molecule has 0 amide bonds. The molecule has 1 N–H and O–H groups in total. The van der Waals surface area contributed by atoms with Gasteiger partial charge < -0.3 is 5.11 Å². The number of carbonyl (C=O) groups excluding carboxylic acids is 1. The Morgan fingerprint density at radius 1 is 1.35 bits per heavy atom. The van der Waals surface area contributed by atoms with Gasteiger partial charge in [0.05, 0.1) is 12.0 Å². The lowest BCUT2D eigenvalue weighted by atomic mass is 9.65. The van der Waals surface area contributed by atoms with E-state index in [-0.39, 0.29) is 12.4 Å². The zero-order chi connectivity index (χ0) is 11.9. The molecule has 1 aliphatic rings. The topological polar surface area (TPSA) is 37.3 Å². The summed E-state index contributed by atoms with van der Waals surface area (Å²) in [5, 5.41) is 12.4. The van der Waals surface area contributed by atoms with Gasteiger partial charge in [-0.25, -0.2) is 0 Å². The van der Waals surface area contributed by atoms with E-state index < -0.39 is 5.41 Å². The van der Waals surface area contributed by atoms with Crippen molar-refractivity contribution in [2.45, 2.75) is 19.3 Å². The Kier molecular flexibility index (Phi) is 2.53. The summed E-state index contributed by atoms with van der Waals surface area (Å²) < 4.78 is 1.14. The van der Waals surface area contributed by atoms with Gasteiger partial charge in [-0.15, -0.1) is 11.3 Å². The highest BCUT2D eigenvalue weighted by Crippen LogP contribution is 2.44. The molecule has 0 radical (unpaired) electrons. The third-order valence-electron chi connectivity index (χ3n) is 3.82. The van der Waals surface area contributed by atoms with Crippen LogP contribution in [-0.2, 0) is 0 Å². The molecule has 1 aliphatic carbocycles. The first-order valence-corrected chi connectivity index (χ1v) is 6.77. The molecule has 2 aromatic rings. The van der Waals surface area contributed by atoms with Gasteiger partial charge in [-0.3, -0.25) is 4.79 Å². The zero-order valence-electron chi connectivity index (χ0n) is 9.48. The molecule has 3 heteroatoms. The van der Waals surface area contributed by atoms with Crippen molar-refractivity contribution in [1.82, 2.24) is 0 Å². The lowest BCUT2D eigenvalue weighted by Crippen LogP contribution is -2.41. The number of ketones is 1. The molecule has 2 nitrogen and oxygen atoms in total. The van der Waals surface area contributed by atoms with Gasteiger partial charge in [0.2, 0.25) is 0 Å².